The number of nitrogens with one attached hydrogen (secondary N) is 1. The largest absolute Gasteiger partial charge is 0.399 e. The highest BCUT2D eigenvalue weighted by Gasteiger charge is 2.38. The van der Waals surface area contributed by atoms with Crippen LogP contribution in [0.1, 0.15) is 25.3 Å². The molecule has 0 saturated heterocycles. The third-order valence-corrected chi connectivity index (χ3v) is 2.79. The van der Waals surface area contributed by atoms with E-state index in [-0.39, 0.29) is 6.04 Å². The Bertz CT molecular complexity index is 396. The molecule has 0 aromatic heterocycles. The summed E-state index contributed by atoms with van der Waals surface area (Å²) >= 11 is 0. The molecular weight excluding hydrogens is 207 g/mol. The van der Waals surface area contributed by atoms with Crippen molar-refractivity contribution in [3.05, 3.63) is 29.8 Å². The van der Waals surface area contributed by atoms with Gasteiger partial charge in [0.25, 0.3) is 5.91 Å². The smallest absolute Gasteiger partial charge is 0.262 e. The molecule has 0 spiro atoms. The van der Waals surface area contributed by atoms with E-state index < -0.39 is 11.6 Å². The third-order valence-electron chi connectivity index (χ3n) is 2.79. The fourth-order valence-electron chi connectivity index (χ4n) is 1.48. The first-order valence-electron chi connectivity index (χ1n) is 5.36. The lowest BCUT2D eigenvalue weighted by Gasteiger charge is -2.20. The highest BCUT2D eigenvalue weighted by Crippen LogP contribution is 2.28. The Labute approximate surface area is 93.8 Å². The number of alkyl halides is 1. The van der Waals surface area contributed by atoms with Gasteiger partial charge in [0.1, 0.15) is 0 Å². The number of hydrogen-bond acceptors (Lipinski definition) is 2. The molecule has 1 aliphatic rings. The molecule has 1 saturated carbocycles. The van der Waals surface area contributed by atoms with Crippen molar-refractivity contribution in [3.63, 3.8) is 0 Å². The van der Waals surface area contributed by atoms with Crippen LogP contribution in [-0.4, -0.2) is 11.9 Å². The highest BCUT2D eigenvalue weighted by atomic mass is 19.1. The number of benzene rings is 1. The molecule has 0 heterocycles. The van der Waals surface area contributed by atoms with E-state index in [9.17, 15) is 9.18 Å². The number of anilines is 1. The second-order valence-electron chi connectivity index (χ2n) is 4.37. The first kappa shape index (κ1) is 10.9. The fourth-order valence-corrected chi connectivity index (χ4v) is 1.48. The maximum absolute atomic E-state index is 14.3. The van der Waals surface area contributed by atoms with Gasteiger partial charge in [0, 0.05) is 11.7 Å². The monoisotopic (exact) mass is 222 g/mol. The quantitative estimate of drug-likeness (QED) is 0.765. The average Bonchev–Trinajstić information content (AvgIpc) is 3.02. The van der Waals surface area contributed by atoms with Crippen molar-refractivity contribution in [3.8, 4) is 0 Å². The molecule has 3 N–H and O–H groups in total. The van der Waals surface area contributed by atoms with Crippen LogP contribution in [0.5, 0.6) is 0 Å². The summed E-state index contributed by atoms with van der Waals surface area (Å²) in [6.45, 7) is 1.27. The lowest BCUT2D eigenvalue weighted by Crippen LogP contribution is -2.40. The van der Waals surface area contributed by atoms with Crippen LogP contribution in [-0.2, 0) is 10.5 Å². The number of hydrogen-bond donors (Lipinski definition) is 2. The van der Waals surface area contributed by atoms with E-state index in [0.717, 1.165) is 12.8 Å². The minimum Gasteiger partial charge on any atom is -0.399 e. The molecule has 1 atom stereocenters. The van der Waals surface area contributed by atoms with Crippen molar-refractivity contribution >= 4 is 11.6 Å². The number of nitrogens with two attached hydrogens (primary N) is 1. The molecule has 1 fully saturated rings. The molecule has 4 heteroatoms. The van der Waals surface area contributed by atoms with Crippen LogP contribution in [0.4, 0.5) is 10.1 Å². The van der Waals surface area contributed by atoms with Crippen LogP contribution in [0.2, 0.25) is 0 Å². The molecule has 1 aromatic carbocycles. The van der Waals surface area contributed by atoms with Crippen LogP contribution in [0, 0.1) is 0 Å². The maximum Gasteiger partial charge on any atom is 0.262 e. The van der Waals surface area contributed by atoms with E-state index >= 15 is 0 Å². The Morgan fingerprint density at radius 2 is 2.00 bits per heavy atom. The van der Waals surface area contributed by atoms with E-state index in [1.54, 1.807) is 24.3 Å². The molecule has 0 radical (unpaired) electrons. The van der Waals surface area contributed by atoms with Gasteiger partial charge in [-0.3, -0.25) is 4.79 Å². The normalized spacial score (nSPS) is 18.9. The van der Waals surface area contributed by atoms with Crippen molar-refractivity contribution in [2.24, 2.45) is 0 Å². The van der Waals surface area contributed by atoms with Crippen LogP contribution in [0.25, 0.3) is 0 Å². The van der Waals surface area contributed by atoms with E-state index in [0.29, 0.717) is 11.3 Å². The van der Waals surface area contributed by atoms with Crippen molar-refractivity contribution in [2.75, 3.05) is 5.73 Å². The van der Waals surface area contributed by atoms with E-state index in [1.165, 1.54) is 6.92 Å². The van der Waals surface area contributed by atoms with E-state index in [2.05, 4.69) is 5.32 Å². The predicted molar refractivity (Wildman–Crippen MR) is 60.5 cm³/mol. The molecule has 1 unspecified atom stereocenters. The third kappa shape index (κ3) is 2.15. The van der Waals surface area contributed by atoms with Gasteiger partial charge >= 0.3 is 0 Å². The zero-order chi connectivity index (χ0) is 11.8. The summed E-state index contributed by atoms with van der Waals surface area (Å²) in [7, 11) is 0. The predicted octanol–water partition coefficient (Wildman–Crippen LogP) is 1.73. The number of carbonyl (C=O) groups excluding carboxylic acids is 1. The van der Waals surface area contributed by atoms with Gasteiger partial charge in [0.15, 0.2) is 0 Å². The molecule has 3 nitrogen and oxygen atoms in total. The number of amides is 1. The van der Waals surface area contributed by atoms with Gasteiger partial charge in [-0.2, -0.15) is 0 Å². The van der Waals surface area contributed by atoms with Gasteiger partial charge in [-0.1, -0.05) is 12.1 Å². The second-order valence-corrected chi connectivity index (χ2v) is 4.37. The lowest BCUT2D eigenvalue weighted by molar-refractivity contribution is -0.132. The summed E-state index contributed by atoms with van der Waals surface area (Å²) in [4.78, 5) is 11.7. The first-order chi connectivity index (χ1) is 7.50. The maximum atomic E-state index is 14.3. The molecule has 1 amide bonds. The Morgan fingerprint density at radius 1 is 1.44 bits per heavy atom. The summed E-state index contributed by atoms with van der Waals surface area (Å²) in [6.07, 6.45) is 1.90. The number of rotatable bonds is 3. The van der Waals surface area contributed by atoms with Crippen LogP contribution >= 0.6 is 0 Å². The van der Waals surface area contributed by atoms with Gasteiger partial charge in [-0.05, 0) is 37.5 Å². The molecular formula is C12H15FN2O. The minimum absolute atomic E-state index is 0.163. The van der Waals surface area contributed by atoms with E-state index in [1.807, 2.05) is 0 Å². The van der Waals surface area contributed by atoms with Crippen molar-refractivity contribution in [1.82, 2.24) is 5.32 Å². The van der Waals surface area contributed by atoms with Gasteiger partial charge in [0.2, 0.25) is 5.67 Å². The highest BCUT2D eigenvalue weighted by molar-refractivity contribution is 5.86. The minimum atomic E-state index is -1.99. The number of halogens is 1. The lowest BCUT2D eigenvalue weighted by atomic mass is 9.96. The van der Waals surface area contributed by atoms with Gasteiger partial charge in [0.05, 0.1) is 0 Å². The van der Waals surface area contributed by atoms with Crippen LogP contribution < -0.4 is 11.1 Å². The SMILES string of the molecule is CC(F)(C(=O)NC1CC1)c1ccc(N)cc1. The molecule has 86 valence electrons. The molecule has 16 heavy (non-hydrogen) atoms. The zero-order valence-electron chi connectivity index (χ0n) is 9.16. The van der Waals surface area contributed by atoms with Crippen molar-refractivity contribution < 1.29 is 9.18 Å². The summed E-state index contributed by atoms with van der Waals surface area (Å²) < 4.78 is 14.3. The molecule has 1 aromatic rings. The second kappa shape index (κ2) is 3.77. The van der Waals surface area contributed by atoms with E-state index in [4.69, 9.17) is 5.73 Å². The number of carbonyl (C=O) groups is 1. The first-order valence-corrected chi connectivity index (χ1v) is 5.36. The average molecular weight is 222 g/mol. The van der Waals surface area contributed by atoms with Crippen LogP contribution in [0.15, 0.2) is 24.3 Å². The van der Waals surface area contributed by atoms with Crippen molar-refractivity contribution in [2.45, 2.75) is 31.5 Å². The summed E-state index contributed by atoms with van der Waals surface area (Å²) in [6, 6.07) is 6.44. The summed E-state index contributed by atoms with van der Waals surface area (Å²) in [5.41, 5.74) is 4.41. The Balaban J connectivity index is 2.15. The number of nitrogen functional groups attached to an aromatic ring is 1. The Morgan fingerprint density at radius 3 is 2.50 bits per heavy atom. The Kier molecular flexibility index (Phi) is 2.58. The molecule has 2 rings (SSSR count). The van der Waals surface area contributed by atoms with Gasteiger partial charge in [-0.25, -0.2) is 4.39 Å². The fraction of sp³-hybridized carbons (Fsp3) is 0.417. The van der Waals surface area contributed by atoms with Gasteiger partial charge < -0.3 is 11.1 Å². The van der Waals surface area contributed by atoms with Crippen LogP contribution in [0.3, 0.4) is 0 Å². The van der Waals surface area contributed by atoms with Gasteiger partial charge in [-0.15, -0.1) is 0 Å². The molecule has 0 aliphatic heterocycles. The summed E-state index contributed by atoms with van der Waals surface area (Å²) in [5, 5.41) is 2.66. The topological polar surface area (TPSA) is 55.1 Å². The molecule has 0 bridgehead atoms. The standard InChI is InChI=1S/C12H15FN2O/c1-12(13,11(16)15-10-6-7-10)8-2-4-9(14)5-3-8/h2-5,10H,6-7,14H2,1H3,(H,15,16). The summed E-state index contributed by atoms with van der Waals surface area (Å²) in [5.74, 6) is -0.570. The zero-order valence-corrected chi connectivity index (χ0v) is 9.16. The molecule has 1 aliphatic carbocycles. The van der Waals surface area contributed by atoms with Crippen molar-refractivity contribution in [1.29, 1.82) is 0 Å². The Hall–Kier alpha value is -1.58.